The highest BCUT2D eigenvalue weighted by Crippen LogP contribution is 2.23. The molecule has 0 radical (unpaired) electrons. The molecule has 2 rings (SSSR count). The lowest BCUT2D eigenvalue weighted by molar-refractivity contribution is 0.0585. The molecular formula is C12H18ClN3O3S. The molecule has 3 N–H and O–H groups in total. The second kappa shape index (κ2) is 6.26. The second-order valence-electron chi connectivity index (χ2n) is 4.90. The van der Waals surface area contributed by atoms with E-state index in [1.165, 1.54) is 12.3 Å². The highest BCUT2D eigenvalue weighted by atomic mass is 35.5. The molecule has 8 heteroatoms. The van der Waals surface area contributed by atoms with E-state index in [1.807, 2.05) is 6.92 Å². The number of ether oxygens (including phenoxy) is 1. The molecule has 1 atom stereocenters. The number of hydrogen-bond donors (Lipinski definition) is 2. The highest BCUT2D eigenvalue weighted by molar-refractivity contribution is 7.89. The summed E-state index contributed by atoms with van der Waals surface area (Å²) in [6.07, 6.45) is 3.00. The molecule has 1 fully saturated rings. The van der Waals surface area contributed by atoms with Crippen LogP contribution in [0.15, 0.2) is 17.2 Å². The lowest BCUT2D eigenvalue weighted by atomic mass is 9.94. The van der Waals surface area contributed by atoms with Crippen molar-refractivity contribution < 1.29 is 13.2 Å². The van der Waals surface area contributed by atoms with Crippen molar-refractivity contribution in [1.82, 2.24) is 9.71 Å². The molecule has 1 aromatic heterocycles. The third kappa shape index (κ3) is 3.60. The Bertz CT molecular complexity index is 573. The molecule has 1 aliphatic rings. The van der Waals surface area contributed by atoms with Crippen LogP contribution in [-0.2, 0) is 14.8 Å². The van der Waals surface area contributed by atoms with E-state index in [1.54, 1.807) is 0 Å². The van der Waals surface area contributed by atoms with Gasteiger partial charge in [-0.1, -0.05) is 11.6 Å². The van der Waals surface area contributed by atoms with E-state index in [0.29, 0.717) is 13.2 Å². The second-order valence-corrected chi connectivity index (χ2v) is 7.02. The maximum absolute atomic E-state index is 12.3. The fourth-order valence-corrected chi connectivity index (χ4v) is 3.91. The van der Waals surface area contributed by atoms with Gasteiger partial charge in [-0.05, 0) is 31.7 Å². The summed E-state index contributed by atoms with van der Waals surface area (Å²) in [6, 6.07) is 1.12. The monoisotopic (exact) mass is 319 g/mol. The van der Waals surface area contributed by atoms with Gasteiger partial charge in [0.05, 0.1) is 5.02 Å². The van der Waals surface area contributed by atoms with Crippen molar-refractivity contribution in [3.63, 3.8) is 0 Å². The maximum Gasteiger partial charge on any atom is 0.244 e. The molecule has 1 aliphatic heterocycles. The molecule has 0 saturated carbocycles. The van der Waals surface area contributed by atoms with Gasteiger partial charge in [0.15, 0.2) is 0 Å². The van der Waals surface area contributed by atoms with Crippen LogP contribution in [0.4, 0.5) is 5.82 Å². The van der Waals surface area contributed by atoms with E-state index in [-0.39, 0.29) is 27.7 Å². The normalized spacial score (nSPS) is 18.9. The minimum Gasteiger partial charge on any atom is -0.383 e. The number of nitrogens with one attached hydrogen (secondary N) is 1. The standard InChI is InChI=1S/C12H18ClN3O3S/c1-8(9-2-4-19-5-3-9)16-20(17,18)11-6-10(13)7-15-12(11)14/h6-9,16H,2-5H2,1H3,(H2,14,15). The van der Waals surface area contributed by atoms with E-state index in [2.05, 4.69) is 9.71 Å². The van der Waals surface area contributed by atoms with Crippen LogP contribution in [0, 0.1) is 5.92 Å². The first-order chi connectivity index (χ1) is 9.40. The minimum atomic E-state index is -3.72. The smallest absolute Gasteiger partial charge is 0.244 e. The molecule has 1 saturated heterocycles. The van der Waals surface area contributed by atoms with E-state index in [4.69, 9.17) is 22.1 Å². The lowest BCUT2D eigenvalue weighted by Gasteiger charge is -2.28. The first kappa shape index (κ1) is 15.5. The molecule has 20 heavy (non-hydrogen) atoms. The van der Waals surface area contributed by atoms with Crippen LogP contribution in [0.25, 0.3) is 0 Å². The Hall–Kier alpha value is -0.890. The predicted octanol–water partition coefficient (Wildman–Crippen LogP) is 1.41. The fourth-order valence-electron chi connectivity index (χ4n) is 2.27. The molecular weight excluding hydrogens is 302 g/mol. The number of anilines is 1. The van der Waals surface area contributed by atoms with Gasteiger partial charge < -0.3 is 10.5 Å². The number of halogens is 1. The summed E-state index contributed by atoms with van der Waals surface area (Å²) in [6.45, 7) is 3.18. The van der Waals surface area contributed by atoms with Crippen LogP contribution >= 0.6 is 11.6 Å². The average Bonchev–Trinajstić information content (AvgIpc) is 2.42. The summed E-state index contributed by atoms with van der Waals surface area (Å²) in [4.78, 5) is 3.69. The first-order valence-electron chi connectivity index (χ1n) is 6.41. The Morgan fingerprint density at radius 1 is 1.50 bits per heavy atom. The van der Waals surface area contributed by atoms with Gasteiger partial charge in [-0.25, -0.2) is 18.1 Å². The van der Waals surface area contributed by atoms with Crippen LogP contribution in [0.5, 0.6) is 0 Å². The molecule has 0 bridgehead atoms. The van der Waals surface area contributed by atoms with Gasteiger partial charge in [0.2, 0.25) is 10.0 Å². The van der Waals surface area contributed by atoms with Gasteiger partial charge in [0, 0.05) is 25.5 Å². The van der Waals surface area contributed by atoms with Crippen molar-refractivity contribution in [3.05, 3.63) is 17.3 Å². The highest BCUT2D eigenvalue weighted by Gasteiger charge is 2.27. The summed E-state index contributed by atoms with van der Waals surface area (Å²) in [5, 5.41) is 0.235. The van der Waals surface area contributed by atoms with Crippen molar-refractivity contribution in [2.75, 3.05) is 18.9 Å². The number of aromatic nitrogens is 1. The Labute approximate surface area is 123 Å². The molecule has 0 spiro atoms. The topological polar surface area (TPSA) is 94.3 Å². The van der Waals surface area contributed by atoms with Gasteiger partial charge in [0.25, 0.3) is 0 Å². The number of hydrogen-bond acceptors (Lipinski definition) is 5. The zero-order valence-corrected chi connectivity index (χ0v) is 12.7. The third-order valence-electron chi connectivity index (χ3n) is 3.45. The SMILES string of the molecule is CC(NS(=O)(=O)c1cc(Cl)cnc1N)C1CCOCC1. The molecule has 6 nitrogen and oxygen atoms in total. The van der Waals surface area contributed by atoms with Gasteiger partial charge in [-0.15, -0.1) is 0 Å². The molecule has 0 aliphatic carbocycles. The number of nitrogens with two attached hydrogens (primary N) is 1. The van der Waals surface area contributed by atoms with Gasteiger partial charge in [-0.2, -0.15) is 0 Å². The van der Waals surface area contributed by atoms with Gasteiger partial charge in [-0.3, -0.25) is 0 Å². The number of nitrogens with zero attached hydrogens (tertiary/aromatic N) is 1. The third-order valence-corrected chi connectivity index (χ3v) is 5.25. The predicted molar refractivity (Wildman–Crippen MR) is 77.0 cm³/mol. The van der Waals surface area contributed by atoms with E-state index >= 15 is 0 Å². The summed E-state index contributed by atoms with van der Waals surface area (Å²) < 4.78 is 32.6. The van der Waals surface area contributed by atoms with Gasteiger partial charge in [0.1, 0.15) is 10.7 Å². The molecule has 1 unspecified atom stereocenters. The largest absolute Gasteiger partial charge is 0.383 e. The zero-order chi connectivity index (χ0) is 14.8. The van der Waals surface area contributed by atoms with Crippen LogP contribution in [-0.4, -0.2) is 32.7 Å². The number of pyridine rings is 1. The Morgan fingerprint density at radius 2 is 2.15 bits per heavy atom. The van der Waals surface area contributed by atoms with Crippen molar-refractivity contribution in [2.45, 2.75) is 30.7 Å². The molecule has 1 aromatic rings. The Kier molecular flexibility index (Phi) is 4.85. The Balaban J connectivity index is 2.16. The van der Waals surface area contributed by atoms with E-state index in [0.717, 1.165) is 12.8 Å². The number of sulfonamides is 1. The molecule has 0 aromatic carbocycles. The zero-order valence-electron chi connectivity index (χ0n) is 11.2. The molecule has 112 valence electrons. The quantitative estimate of drug-likeness (QED) is 0.875. The average molecular weight is 320 g/mol. The van der Waals surface area contributed by atoms with Gasteiger partial charge >= 0.3 is 0 Å². The van der Waals surface area contributed by atoms with Crippen molar-refractivity contribution in [3.8, 4) is 0 Å². The van der Waals surface area contributed by atoms with Crippen molar-refractivity contribution >= 4 is 27.4 Å². The van der Waals surface area contributed by atoms with E-state index < -0.39 is 10.0 Å². The molecule has 0 amide bonds. The van der Waals surface area contributed by atoms with E-state index in [9.17, 15) is 8.42 Å². The van der Waals surface area contributed by atoms with Crippen molar-refractivity contribution in [1.29, 1.82) is 0 Å². The van der Waals surface area contributed by atoms with Crippen LogP contribution in [0.3, 0.4) is 0 Å². The van der Waals surface area contributed by atoms with Crippen molar-refractivity contribution in [2.24, 2.45) is 5.92 Å². The first-order valence-corrected chi connectivity index (χ1v) is 8.27. The summed E-state index contributed by atoms with van der Waals surface area (Å²) in [7, 11) is -3.72. The number of nitrogen functional groups attached to an aromatic ring is 1. The molecule has 2 heterocycles. The van der Waals surface area contributed by atoms with Crippen LogP contribution in [0.2, 0.25) is 5.02 Å². The van der Waals surface area contributed by atoms with Crippen LogP contribution < -0.4 is 10.5 Å². The summed E-state index contributed by atoms with van der Waals surface area (Å²) in [5.41, 5.74) is 5.62. The lowest BCUT2D eigenvalue weighted by Crippen LogP contribution is -2.40. The summed E-state index contributed by atoms with van der Waals surface area (Å²) in [5.74, 6) is 0.202. The maximum atomic E-state index is 12.3. The minimum absolute atomic E-state index is 0.0546. The van der Waals surface area contributed by atoms with Crippen LogP contribution in [0.1, 0.15) is 19.8 Å². The fraction of sp³-hybridized carbons (Fsp3) is 0.583. The Morgan fingerprint density at radius 3 is 2.80 bits per heavy atom. The summed E-state index contributed by atoms with van der Waals surface area (Å²) >= 11 is 5.78. The number of rotatable bonds is 4.